The lowest BCUT2D eigenvalue weighted by Gasteiger charge is -2.36. The molecular formula is C25H34N4O3. The minimum atomic E-state index is -0.480. The van der Waals surface area contributed by atoms with E-state index in [1.54, 1.807) is 4.90 Å². The van der Waals surface area contributed by atoms with Gasteiger partial charge < -0.3 is 25.0 Å². The van der Waals surface area contributed by atoms with Gasteiger partial charge >= 0.3 is 6.09 Å². The highest BCUT2D eigenvalue weighted by Crippen LogP contribution is 2.33. The molecule has 0 saturated carbocycles. The van der Waals surface area contributed by atoms with Crippen LogP contribution in [0.5, 0.6) is 0 Å². The maximum absolute atomic E-state index is 12.4. The molecule has 0 spiro atoms. The summed E-state index contributed by atoms with van der Waals surface area (Å²) in [5, 5.41) is 12.7. The maximum atomic E-state index is 12.4. The summed E-state index contributed by atoms with van der Waals surface area (Å²) >= 11 is 0. The van der Waals surface area contributed by atoms with Crippen molar-refractivity contribution in [2.75, 3.05) is 43.0 Å². The second-order valence-corrected chi connectivity index (χ2v) is 9.56. The lowest BCUT2D eigenvalue weighted by Crippen LogP contribution is -2.50. The number of carbonyl (C=O) groups excluding carboxylic acids is 1. The molecule has 0 atom stereocenters. The Morgan fingerprint density at radius 3 is 2.50 bits per heavy atom. The quantitative estimate of drug-likeness (QED) is 0.737. The molecule has 2 heterocycles. The van der Waals surface area contributed by atoms with Crippen molar-refractivity contribution in [1.29, 1.82) is 0 Å². The molecule has 172 valence electrons. The number of rotatable bonds is 5. The molecule has 4 rings (SSSR count). The van der Waals surface area contributed by atoms with Crippen molar-refractivity contribution >= 4 is 23.3 Å². The third-order valence-corrected chi connectivity index (χ3v) is 5.93. The second-order valence-electron chi connectivity index (χ2n) is 9.56. The molecule has 2 N–H and O–H groups in total. The van der Waals surface area contributed by atoms with Crippen LogP contribution in [-0.4, -0.2) is 59.5 Å². The smallest absolute Gasteiger partial charge is 0.410 e. The number of piperazine rings is 1. The average Bonchev–Trinajstić information content (AvgIpc) is 3.23. The van der Waals surface area contributed by atoms with Crippen molar-refractivity contribution in [3.8, 4) is 0 Å². The molecule has 0 unspecified atom stereocenters. The van der Waals surface area contributed by atoms with Crippen molar-refractivity contribution in [2.24, 2.45) is 0 Å². The molecule has 2 aromatic rings. The van der Waals surface area contributed by atoms with E-state index < -0.39 is 5.60 Å². The Bertz CT molecular complexity index is 945. The number of benzene rings is 1. The molecule has 1 aliphatic carbocycles. The maximum Gasteiger partial charge on any atom is 0.410 e. The third kappa shape index (κ3) is 5.33. The zero-order valence-electron chi connectivity index (χ0n) is 19.4. The molecule has 1 amide bonds. The number of carbonyl (C=O) groups is 1. The van der Waals surface area contributed by atoms with Crippen molar-refractivity contribution < 1.29 is 14.6 Å². The number of anilines is 3. The summed E-state index contributed by atoms with van der Waals surface area (Å²) in [5.74, 6) is 0.967. The summed E-state index contributed by atoms with van der Waals surface area (Å²) in [7, 11) is 0. The predicted octanol–water partition coefficient (Wildman–Crippen LogP) is 3.91. The van der Waals surface area contributed by atoms with Crippen LogP contribution in [0.4, 0.5) is 22.0 Å². The Morgan fingerprint density at radius 1 is 1.12 bits per heavy atom. The lowest BCUT2D eigenvalue weighted by molar-refractivity contribution is 0.0240. The van der Waals surface area contributed by atoms with E-state index in [1.807, 2.05) is 20.8 Å². The number of aromatic nitrogens is 1. The fraction of sp³-hybridized carbons (Fsp3) is 0.520. The molecule has 0 radical (unpaired) electrons. The fourth-order valence-corrected chi connectivity index (χ4v) is 4.29. The number of ether oxygens (including phenoxy) is 1. The lowest BCUT2D eigenvalue weighted by atomic mass is 10.1. The number of nitrogens with zero attached hydrogens (tertiary/aromatic N) is 3. The van der Waals surface area contributed by atoms with Crippen LogP contribution in [0.15, 0.2) is 30.3 Å². The summed E-state index contributed by atoms with van der Waals surface area (Å²) in [6.45, 7) is 8.57. The van der Waals surface area contributed by atoms with Gasteiger partial charge in [-0.05, 0) is 69.7 Å². The number of hydrogen-bond acceptors (Lipinski definition) is 6. The first kappa shape index (κ1) is 22.4. The zero-order valence-corrected chi connectivity index (χ0v) is 19.4. The van der Waals surface area contributed by atoms with Crippen molar-refractivity contribution in [2.45, 2.75) is 52.1 Å². The Morgan fingerprint density at radius 2 is 1.84 bits per heavy atom. The first-order valence-corrected chi connectivity index (χ1v) is 11.5. The molecule has 0 bridgehead atoms. The normalized spacial score (nSPS) is 16.1. The predicted molar refractivity (Wildman–Crippen MR) is 127 cm³/mol. The van der Waals surface area contributed by atoms with E-state index in [4.69, 9.17) is 14.8 Å². The number of aryl methyl sites for hydroxylation is 1. The minimum Gasteiger partial charge on any atom is -0.444 e. The SMILES string of the molecule is CC(C)(C)OC(=O)N1CCN(c2cc(Nc3ccc(CCO)cc3)c3c(n2)CCC3)CC1. The Kier molecular flexibility index (Phi) is 6.55. The van der Waals surface area contributed by atoms with Gasteiger partial charge in [0.2, 0.25) is 0 Å². The van der Waals surface area contributed by atoms with Gasteiger partial charge in [0.25, 0.3) is 0 Å². The molecule has 1 saturated heterocycles. The van der Waals surface area contributed by atoms with Gasteiger partial charge in [0.15, 0.2) is 0 Å². The van der Waals surface area contributed by atoms with E-state index in [1.165, 1.54) is 11.3 Å². The topological polar surface area (TPSA) is 77.9 Å². The Balaban J connectivity index is 1.47. The molecule has 2 aliphatic rings. The summed E-state index contributed by atoms with van der Waals surface area (Å²) in [4.78, 5) is 21.4. The number of aliphatic hydroxyl groups excluding tert-OH is 1. The number of hydrogen-bond donors (Lipinski definition) is 2. The van der Waals surface area contributed by atoms with E-state index in [2.05, 4.69) is 40.5 Å². The molecule has 32 heavy (non-hydrogen) atoms. The van der Waals surface area contributed by atoms with Gasteiger partial charge in [-0.3, -0.25) is 0 Å². The molecular weight excluding hydrogens is 404 g/mol. The number of nitrogens with one attached hydrogen (secondary N) is 1. The average molecular weight is 439 g/mol. The largest absolute Gasteiger partial charge is 0.444 e. The van der Waals surface area contributed by atoms with Gasteiger partial charge in [0.1, 0.15) is 11.4 Å². The van der Waals surface area contributed by atoms with Crippen LogP contribution in [-0.2, 0) is 24.0 Å². The second kappa shape index (κ2) is 9.36. The van der Waals surface area contributed by atoms with Crippen LogP contribution >= 0.6 is 0 Å². The van der Waals surface area contributed by atoms with E-state index in [0.29, 0.717) is 19.5 Å². The van der Waals surface area contributed by atoms with E-state index >= 15 is 0 Å². The standard InChI is InChI=1S/C25H34N4O3/c1-25(2,3)32-24(31)29-14-12-28(13-15-29)23-17-22(20-5-4-6-21(20)27-23)26-19-9-7-18(8-10-19)11-16-30/h7-10,17,30H,4-6,11-16H2,1-3H3,(H,26,27). The Hall–Kier alpha value is -2.80. The number of aliphatic hydroxyl groups is 1. The monoisotopic (exact) mass is 438 g/mol. The van der Waals surface area contributed by atoms with Crippen LogP contribution in [0.1, 0.15) is 44.0 Å². The highest BCUT2D eigenvalue weighted by molar-refractivity contribution is 5.70. The van der Waals surface area contributed by atoms with Crippen LogP contribution in [0, 0.1) is 0 Å². The molecule has 1 aromatic carbocycles. The van der Waals surface area contributed by atoms with E-state index in [9.17, 15) is 4.79 Å². The van der Waals surface area contributed by atoms with Gasteiger partial charge in [-0.1, -0.05) is 12.1 Å². The summed E-state index contributed by atoms with van der Waals surface area (Å²) in [6, 6.07) is 10.4. The summed E-state index contributed by atoms with van der Waals surface area (Å²) in [5.41, 5.74) is 5.28. The van der Waals surface area contributed by atoms with Gasteiger partial charge in [-0.25, -0.2) is 9.78 Å². The molecule has 1 fully saturated rings. The van der Waals surface area contributed by atoms with E-state index in [-0.39, 0.29) is 12.7 Å². The molecule has 1 aliphatic heterocycles. The van der Waals surface area contributed by atoms with Crippen LogP contribution in [0.25, 0.3) is 0 Å². The fourth-order valence-electron chi connectivity index (χ4n) is 4.29. The number of amides is 1. The molecule has 7 nitrogen and oxygen atoms in total. The van der Waals surface area contributed by atoms with E-state index in [0.717, 1.165) is 55.1 Å². The highest BCUT2D eigenvalue weighted by Gasteiger charge is 2.27. The first-order chi connectivity index (χ1) is 15.3. The number of fused-ring (bicyclic) bond motifs is 1. The first-order valence-electron chi connectivity index (χ1n) is 11.5. The van der Waals surface area contributed by atoms with Crippen LogP contribution in [0.2, 0.25) is 0 Å². The highest BCUT2D eigenvalue weighted by atomic mass is 16.6. The van der Waals surface area contributed by atoms with Crippen molar-refractivity contribution in [3.05, 3.63) is 47.2 Å². The number of pyridine rings is 1. The van der Waals surface area contributed by atoms with Gasteiger partial charge in [0, 0.05) is 55.9 Å². The van der Waals surface area contributed by atoms with Crippen molar-refractivity contribution in [3.63, 3.8) is 0 Å². The van der Waals surface area contributed by atoms with Gasteiger partial charge in [-0.15, -0.1) is 0 Å². The summed E-state index contributed by atoms with van der Waals surface area (Å²) in [6.07, 6.45) is 3.60. The minimum absolute atomic E-state index is 0.162. The third-order valence-electron chi connectivity index (χ3n) is 5.93. The summed E-state index contributed by atoms with van der Waals surface area (Å²) < 4.78 is 5.52. The van der Waals surface area contributed by atoms with Crippen LogP contribution < -0.4 is 10.2 Å². The van der Waals surface area contributed by atoms with Crippen molar-refractivity contribution in [1.82, 2.24) is 9.88 Å². The Labute approximate surface area is 190 Å². The zero-order chi connectivity index (χ0) is 22.7. The van der Waals surface area contributed by atoms with Gasteiger partial charge in [0.05, 0.1) is 0 Å². The van der Waals surface area contributed by atoms with Crippen LogP contribution in [0.3, 0.4) is 0 Å². The molecule has 1 aromatic heterocycles. The van der Waals surface area contributed by atoms with Gasteiger partial charge in [-0.2, -0.15) is 0 Å². The molecule has 7 heteroatoms.